The van der Waals surface area contributed by atoms with Crippen LogP contribution in [0.3, 0.4) is 0 Å². The van der Waals surface area contributed by atoms with Crippen molar-refractivity contribution in [2.45, 2.75) is 101 Å². The summed E-state index contributed by atoms with van der Waals surface area (Å²) in [6.07, 6.45) is 23.3. The zero-order chi connectivity index (χ0) is 21.2. The largest absolute Gasteiger partial charge is 0.303 e. The lowest BCUT2D eigenvalue weighted by atomic mass is 10.1. The predicted molar refractivity (Wildman–Crippen MR) is 138 cm³/mol. The highest BCUT2D eigenvalue weighted by Gasteiger charge is 2.33. The van der Waals surface area contributed by atoms with Gasteiger partial charge in [-0.3, -0.25) is 0 Å². The zero-order valence-corrected chi connectivity index (χ0v) is 21.3. The van der Waals surface area contributed by atoms with Crippen LogP contribution < -0.4 is 0 Å². The second-order valence-electron chi connectivity index (χ2n) is 8.69. The molecule has 0 amide bonds. The minimum absolute atomic E-state index is 0.553. The molecule has 0 saturated carbocycles. The van der Waals surface area contributed by atoms with E-state index in [0.717, 1.165) is 17.4 Å². The lowest BCUT2D eigenvalue weighted by molar-refractivity contribution is -0.927. The summed E-state index contributed by atoms with van der Waals surface area (Å²) < 4.78 is 1.66. The maximum absolute atomic E-state index is 5.92. The molecule has 164 valence electrons. The van der Waals surface area contributed by atoms with Gasteiger partial charge in [0.25, 0.3) is 0 Å². The number of benzene rings is 1. The Labute approximate surface area is 195 Å². The molecule has 0 heterocycles. The molecular weight excluding hydrogens is 465 g/mol. The average Bonchev–Trinajstić information content (AvgIpc) is 2.73. The van der Waals surface area contributed by atoms with E-state index in [1.807, 2.05) is 0 Å². The smallest absolute Gasteiger partial charge is 0.144 e. The molecule has 1 aromatic rings. The molecule has 0 N–H and O–H groups in total. The summed E-state index contributed by atoms with van der Waals surface area (Å²) in [5, 5.41) is 0. The van der Waals surface area contributed by atoms with Gasteiger partial charge in [-0.15, -0.1) is 6.42 Å². The summed E-state index contributed by atoms with van der Waals surface area (Å²) in [7, 11) is 0. The first-order valence-electron chi connectivity index (χ1n) is 12.2. The second kappa shape index (κ2) is 17.2. The maximum atomic E-state index is 5.92. The number of halogens is 1. The molecule has 2 heteroatoms. The quantitative estimate of drug-likeness (QED) is 0.0467. The molecule has 0 radical (unpaired) electrons. The summed E-state index contributed by atoms with van der Waals surface area (Å²) >= 11 is 2.71. The summed E-state index contributed by atoms with van der Waals surface area (Å²) in [6.45, 7) is 7.95. The van der Waals surface area contributed by atoms with Crippen molar-refractivity contribution < 1.29 is 4.48 Å². The number of terminal acetylenes is 1. The summed E-state index contributed by atoms with van der Waals surface area (Å²) in [6, 6.07) is 11.0. The Kier molecular flexibility index (Phi) is 15.7. The van der Waals surface area contributed by atoms with E-state index in [9.17, 15) is 0 Å². The Hall–Kier alpha value is -0.530. The van der Waals surface area contributed by atoms with Crippen molar-refractivity contribution in [2.24, 2.45) is 0 Å². The van der Waals surface area contributed by atoms with Gasteiger partial charge in [-0.2, -0.15) is 0 Å². The van der Waals surface area contributed by atoms with Crippen LogP contribution >= 0.6 is 22.6 Å². The van der Waals surface area contributed by atoms with Crippen LogP contribution in [0.4, 0.5) is 0 Å². The van der Waals surface area contributed by atoms with E-state index in [-0.39, 0.29) is 0 Å². The molecule has 1 atom stereocenters. The fourth-order valence-electron chi connectivity index (χ4n) is 4.25. The van der Waals surface area contributed by atoms with Crippen molar-refractivity contribution in [3.63, 3.8) is 0 Å². The minimum atomic E-state index is 0.553. The fourth-order valence-corrected chi connectivity index (χ4v) is 5.51. The first-order chi connectivity index (χ1) is 14.2. The van der Waals surface area contributed by atoms with Crippen LogP contribution in [0.2, 0.25) is 0 Å². The van der Waals surface area contributed by atoms with Gasteiger partial charge in [-0.05, 0) is 59.8 Å². The van der Waals surface area contributed by atoms with Crippen molar-refractivity contribution in [1.29, 1.82) is 0 Å². The van der Waals surface area contributed by atoms with Crippen molar-refractivity contribution in [3.05, 3.63) is 35.9 Å². The number of rotatable bonds is 18. The molecule has 0 spiro atoms. The van der Waals surface area contributed by atoms with E-state index >= 15 is 0 Å². The summed E-state index contributed by atoms with van der Waals surface area (Å²) in [5.41, 5.74) is 1.44. The first-order valence-corrected chi connectivity index (χ1v) is 13.4. The summed E-state index contributed by atoms with van der Waals surface area (Å²) in [4.78, 5) is 0. The average molecular weight is 511 g/mol. The van der Waals surface area contributed by atoms with Crippen molar-refractivity contribution in [2.75, 3.05) is 19.6 Å². The monoisotopic (exact) mass is 510 g/mol. The number of nitrogens with zero attached hydrogens (tertiary/aromatic N) is 1. The lowest BCUT2D eigenvalue weighted by Gasteiger charge is -2.42. The lowest BCUT2D eigenvalue weighted by Crippen LogP contribution is -2.55. The highest BCUT2D eigenvalue weighted by molar-refractivity contribution is 14.1. The van der Waals surface area contributed by atoms with E-state index in [2.05, 4.69) is 72.7 Å². The molecule has 1 aromatic carbocycles. The third kappa shape index (κ3) is 11.4. The Balaban J connectivity index is 2.70. The highest BCUT2D eigenvalue weighted by atomic mass is 127. The number of alkyl halides is 1. The molecule has 0 aliphatic carbocycles. The van der Waals surface area contributed by atoms with Gasteiger partial charge < -0.3 is 4.48 Å². The van der Waals surface area contributed by atoms with Gasteiger partial charge in [0.05, 0.1) is 13.1 Å². The Bertz CT molecular complexity index is 517. The van der Waals surface area contributed by atoms with Gasteiger partial charge in [0, 0.05) is 6.42 Å². The van der Waals surface area contributed by atoms with Crippen molar-refractivity contribution >= 4 is 22.6 Å². The first kappa shape index (κ1) is 26.5. The molecule has 0 aromatic heterocycles. The Morgan fingerprint density at radius 1 is 0.793 bits per heavy atom. The molecule has 1 nitrogen and oxygen atoms in total. The molecule has 1 rings (SSSR count). The topological polar surface area (TPSA) is 0 Å². The predicted octanol–water partition coefficient (Wildman–Crippen LogP) is 8.16. The molecule has 0 aliphatic rings. The van der Waals surface area contributed by atoms with Crippen LogP contribution in [0.15, 0.2) is 30.3 Å². The number of hydrogen-bond acceptors (Lipinski definition) is 0. The van der Waals surface area contributed by atoms with Crippen LogP contribution in [0.5, 0.6) is 0 Å². The fraction of sp³-hybridized carbons (Fsp3) is 0.704. The molecule has 29 heavy (non-hydrogen) atoms. The third-order valence-corrected chi connectivity index (χ3v) is 7.78. The Morgan fingerprint density at radius 2 is 1.28 bits per heavy atom. The van der Waals surface area contributed by atoms with Crippen LogP contribution in [0.25, 0.3) is 0 Å². The number of hydrogen-bond donors (Lipinski definition) is 0. The number of quaternary nitrogens is 1. The second-order valence-corrected chi connectivity index (χ2v) is 10.1. The number of unbranched alkanes of at least 4 members (excludes halogenated alkanes) is 10. The van der Waals surface area contributed by atoms with Crippen LogP contribution in [0.1, 0.15) is 96.5 Å². The van der Waals surface area contributed by atoms with Crippen molar-refractivity contribution in [3.8, 4) is 12.3 Å². The van der Waals surface area contributed by atoms with E-state index in [4.69, 9.17) is 6.42 Å². The standard InChI is InChI=1S/C27H45IN/c1-4-7-9-11-13-18-23-29(22-6-3,24-19-14-12-10-8-5-2)27(28)25-26-20-16-15-17-21-26/h3,15-17,20-21,27H,4-5,7-14,18-19,22-25H2,1-2H3/q+1. The van der Waals surface area contributed by atoms with E-state index in [1.165, 1.54) is 95.7 Å². The molecule has 0 fully saturated rings. The molecular formula is C27H45IN+. The van der Waals surface area contributed by atoms with Crippen molar-refractivity contribution in [1.82, 2.24) is 0 Å². The van der Waals surface area contributed by atoms with Gasteiger partial charge in [-0.25, -0.2) is 0 Å². The van der Waals surface area contributed by atoms with Gasteiger partial charge in [0.1, 0.15) is 10.6 Å². The maximum Gasteiger partial charge on any atom is 0.144 e. The normalized spacial score (nSPS) is 12.6. The molecule has 1 unspecified atom stereocenters. The molecule has 0 bridgehead atoms. The van der Waals surface area contributed by atoms with Crippen LogP contribution in [-0.4, -0.2) is 28.2 Å². The zero-order valence-electron chi connectivity index (χ0n) is 19.2. The van der Waals surface area contributed by atoms with Gasteiger partial charge in [0.2, 0.25) is 0 Å². The van der Waals surface area contributed by atoms with Gasteiger partial charge >= 0.3 is 0 Å². The minimum Gasteiger partial charge on any atom is -0.303 e. The molecule has 0 aliphatic heterocycles. The van der Waals surface area contributed by atoms with E-state index < -0.39 is 0 Å². The molecule has 0 saturated heterocycles. The van der Waals surface area contributed by atoms with E-state index in [0.29, 0.717) is 4.05 Å². The van der Waals surface area contributed by atoms with Gasteiger partial charge in [-0.1, -0.05) is 95.5 Å². The van der Waals surface area contributed by atoms with Gasteiger partial charge in [0.15, 0.2) is 0 Å². The SMILES string of the molecule is C#CC[N+](CCCCCCCC)(CCCCCCCC)C(I)Cc1ccccc1. The van der Waals surface area contributed by atoms with Crippen LogP contribution in [0, 0.1) is 12.3 Å². The summed E-state index contributed by atoms with van der Waals surface area (Å²) in [5.74, 6) is 3.07. The third-order valence-electron chi connectivity index (χ3n) is 6.16. The Morgan fingerprint density at radius 3 is 1.76 bits per heavy atom. The van der Waals surface area contributed by atoms with E-state index in [1.54, 1.807) is 0 Å². The van der Waals surface area contributed by atoms with Crippen LogP contribution in [-0.2, 0) is 6.42 Å². The highest BCUT2D eigenvalue weighted by Crippen LogP contribution is 2.27.